The molecular formula is C24H24N2O2S7. The smallest absolute Gasteiger partial charge is 0.199 e. The molecular weight excluding hydrogens is 573 g/mol. The maximum absolute atomic E-state index is 5.16. The van der Waals surface area contributed by atoms with Gasteiger partial charge in [0.15, 0.2) is 5.16 Å². The van der Waals surface area contributed by atoms with Gasteiger partial charge in [-0.3, -0.25) is 0 Å². The number of hydrogen-bond acceptors (Lipinski definition) is 11. The molecule has 0 unspecified atom stereocenters. The van der Waals surface area contributed by atoms with Crippen LogP contribution in [-0.2, 0) is 11.5 Å². The van der Waals surface area contributed by atoms with E-state index in [2.05, 4.69) is 57.3 Å². The molecule has 0 aliphatic heterocycles. The molecule has 2 aromatic heterocycles. The van der Waals surface area contributed by atoms with Crippen molar-refractivity contribution in [1.29, 1.82) is 0 Å². The van der Waals surface area contributed by atoms with Gasteiger partial charge in [0.1, 0.15) is 11.5 Å². The van der Waals surface area contributed by atoms with Crippen molar-refractivity contribution in [2.24, 2.45) is 0 Å². The number of benzene rings is 2. The van der Waals surface area contributed by atoms with E-state index < -0.39 is 0 Å². The van der Waals surface area contributed by atoms with Gasteiger partial charge in [0.25, 0.3) is 0 Å². The largest absolute Gasteiger partial charge is 0.497 e. The molecule has 11 heteroatoms. The summed E-state index contributed by atoms with van der Waals surface area (Å²) in [5.41, 5.74) is 3.55. The average Bonchev–Trinajstić information content (AvgIpc) is 3.46. The molecule has 2 aromatic carbocycles. The standard InChI is InChI=1S/C16H14N2OS4.C8H10OS3/c1-19-13-6-4-12(5-7-13)11-21-23-22-16-17-9-8-14(18-16)15-3-2-10-20-15;1-9-8-4-2-7(3-5-8)6-11-12-10/h2-10H,11H2,1H3;2-5,10H,6H2,1H3. The Labute approximate surface area is 235 Å². The molecule has 0 saturated carbocycles. The molecule has 0 spiro atoms. The second-order valence-electron chi connectivity index (χ2n) is 6.65. The number of methoxy groups -OCH3 is 2. The van der Waals surface area contributed by atoms with E-state index in [0.29, 0.717) is 0 Å². The van der Waals surface area contributed by atoms with Crippen LogP contribution in [0.25, 0.3) is 10.6 Å². The fourth-order valence-electron chi connectivity index (χ4n) is 2.63. The highest BCUT2D eigenvalue weighted by Gasteiger charge is 2.05. The van der Waals surface area contributed by atoms with Crippen molar-refractivity contribution in [3.63, 3.8) is 0 Å². The van der Waals surface area contributed by atoms with E-state index in [0.717, 1.165) is 33.9 Å². The van der Waals surface area contributed by atoms with Gasteiger partial charge in [0, 0.05) is 17.7 Å². The molecule has 0 saturated heterocycles. The van der Waals surface area contributed by atoms with Crippen LogP contribution in [0.2, 0.25) is 0 Å². The lowest BCUT2D eigenvalue weighted by molar-refractivity contribution is 0.414. The van der Waals surface area contributed by atoms with Gasteiger partial charge in [-0.2, -0.15) is 0 Å². The SMILES string of the molecule is COc1ccc(CSSS)cc1.COc1ccc(CSSSc2nccc(-c3cccs3)n2)cc1. The van der Waals surface area contributed by atoms with E-state index >= 15 is 0 Å². The summed E-state index contributed by atoms with van der Waals surface area (Å²) in [5.74, 6) is 3.71. The Balaban J connectivity index is 0.000000241. The molecule has 184 valence electrons. The Bertz CT molecular complexity index is 1110. The van der Waals surface area contributed by atoms with Crippen LogP contribution < -0.4 is 9.47 Å². The van der Waals surface area contributed by atoms with Crippen molar-refractivity contribution in [3.05, 3.63) is 89.4 Å². The van der Waals surface area contributed by atoms with Crippen molar-refractivity contribution in [2.75, 3.05) is 14.2 Å². The molecule has 4 aromatic rings. The third-order valence-corrected chi connectivity index (χ3v) is 11.2. The maximum Gasteiger partial charge on any atom is 0.199 e. The van der Waals surface area contributed by atoms with E-state index in [1.54, 1.807) is 67.8 Å². The summed E-state index contributed by atoms with van der Waals surface area (Å²) in [6, 6.07) is 22.3. The first-order chi connectivity index (χ1) is 17.2. The molecule has 2 heterocycles. The Morgan fingerprint density at radius 2 is 1.46 bits per heavy atom. The lowest BCUT2D eigenvalue weighted by atomic mass is 10.2. The van der Waals surface area contributed by atoms with Crippen molar-refractivity contribution in [1.82, 2.24) is 9.97 Å². The van der Waals surface area contributed by atoms with Crippen LogP contribution in [0.1, 0.15) is 11.1 Å². The minimum Gasteiger partial charge on any atom is -0.497 e. The van der Waals surface area contributed by atoms with Crippen LogP contribution in [0, 0.1) is 0 Å². The highest BCUT2D eigenvalue weighted by molar-refractivity contribution is 9.09. The lowest BCUT2D eigenvalue weighted by Gasteiger charge is -2.03. The third kappa shape index (κ3) is 10.4. The van der Waals surface area contributed by atoms with Crippen molar-refractivity contribution >= 4 is 75.0 Å². The molecule has 0 amide bonds. The van der Waals surface area contributed by atoms with E-state index in [1.807, 2.05) is 42.6 Å². The molecule has 0 N–H and O–H groups in total. The number of rotatable bonds is 11. The van der Waals surface area contributed by atoms with E-state index in [-0.39, 0.29) is 0 Å². The van der Waals surface area contributed by atoms with Gasteiger partial charge in [0.05, 0.1) is 24.8 Å². The second kappa shape index (κ2) is 16.6. The van der Waals surface area contributed by atoms with Gasteiger partial charge >= 0.3 is 0 Å². The van der Waals surface area contributed by atoms with E-state index in [4.69, 9.17) is 9.47 Å². The highest BCUT2D eigenvalue weighted by Crippen LogP contribution is 2.40. The number of nitrogens with zero attached hydrogens (tertiary/aromatic N) is 2. The molecule has 0 radical (unpaired) electrons. The topological polar surface area (TPSA) is 44.2 Å². The summed E-state index contributed by atoms with van der Waals surface area (Å²) in [7, 11) is 11.6. The fourth-order valence-corrected chi connectivity index (χ4v) is 8.00. The van der Waals surface area contributed by atoms with Gasteiger partial charge in [-0.1, -0.05) is 63.6 Å². The third-order valence-electron chi connectivity index (χ3n) is 4.39. The van der Waals surface area contributed by atoms with Crippen LogP contribution in [0.15, 0.2) is 83.5 Å². The molecule has 0 aliphatic rings. The van der Waals surface area contributed by atoms with Gasteiger partial charge < -0.3 is 9.47 Å². The average molecular weight is 597 g/mol. The normalized spacial score (nSPS) is 10.4. The summed E-state index contributed by atoms with van der Waals surface area (Å²) < 4.78 is 10.2. The van der Waals surface area contributed by atoms with Crippen LogP contribution in [0.3, 0.4) is 0 Å². The Hall–Kier alpha value is -1.08. The molecule has 0 aliphatic carbocycles. The number of aromatic nitrogens is 2. The van der Waals surface area contributed by atoms with Gasteiger partial charge in [-0.25, -0.2) is 9.97 Å². The van der Waals surface area contributed by atoms with Gasteiger partial charge in [0.2, 0.25) is 0 Å². The first kappa shape index (κ1) is 28.5. The van der Waals surface area contributed by atoms with Gasteiger partial charge in [-0.05, 0) is 83.4 Å². The Morgan fingerprint density at radius 3 is 2.00 bits per heavy atom. The van der Waals surface area contributed by atoms with Crippen molar-refractivity contribution < 1.29 is 9.47 Å². The summed E-state index contributed by atoms with van der Waals surface area (Å²) in [6.07, 6.45) is 1.82. The summed E-state index contributed by atoms with van der Waals surface area (Å²) in [5, 5.41) is 2.85. The lowest BCUT2D eigenvalue weighted by Crippen LogP contribution is -1.86. The summed E-state index contributed by atoms with van der Waals surface area (Å²) in [4.78, 5) is 10.1. The molecule has 0 atom stereocenters. The quantitative estimate of drug-likeness (QED) is 0.0790. The predicted octanol–water partition coefficient (Wildman–Crippen LogP) is 9.22. The first-order valence-corrected chi connectivity index (χ1v) is 18.1. The fraction of sp³-hybridized carbons (Fsp3) is 0.167. The summed E-state index contributed by atoms with van der Waals surface area (Å²) >= 11 is 5.74. The van der Waals surface area contributed by atoms with Crippen molar-refractivity contribution in [2.45, 2.75) is 16.7 Å². The molecule has 4 nitrogen and oxygen atoms in total. The van der Waals surface area contributed by atoms with Crippen LogP contribution in [0.4, 0.5) is 0 Å². The minimum absolute atomic E-state index is 0.795. The van der Waals surface area contributed by atoms with Crippen LogP contribution >= 0.6 is 75.0 Å². The molecule has 0 bridgehead atoms. The van der Waals surface area contributed by atoms with E-state index in [1.165, 1.54) is 25.8 Å². The minimum atomic E-state index is 0.795. The van der Waals surface area contributed by atoms with Crippen LogP contribution in [0.5, 0.6) is 11.5 Å². The first-order valence-electron chi connectivity index (χ1n) is 10.2. The number of thiophene rings is 1. The Kier molecular flexibility index (Phi) is 13.5. The van der Waals surface area contributed by atoms with Crippen molar-refractivity contribution in [3.8, 4) is 22.1 Å². The zero-order valence-electron chi connectivity index (χ0n) is 19.0. The molecule has 35 heavy (non-hydrogen) atoms. The van der Waals surface area contributed by atoms with E-state index in [9.17, 15) is 0 Å². The monoisotopic (exact) mass is 596 g/mol. The second-order valence-corrected chi connectivity index (χ2v) is 14.8. The number of hydrogen-bond donors (Lipinski definition) is 1. The number of thiol groups is 1. The zero-order chi connectivity index (χ0) is 24.7. The highest BCUT2D eigenvalue weighted by atomic mass is 33.5. The van der Waals surface area contributed by atoms with Crippen LogP contribution in [-0.4, -0.2) is 24.2 Å². The zero-order valence-corrected chi connectivity index (χ0v) is 24.8. The van der Waals surface area contributed by atoms with Gasteiger partial charge in [-0.15, -0.1) is 11.3 Å². The summed E-state index contributed by atoms with van der Waals surface area (Å²) in [6.45, 7) is 0. The molecule has 0 fully saturated rings. The Morgan fingerprint density at radius 1 is 0.829 bits per heavy atom. The molecule has 4 rings (SSSR count). The number of ether oxygens (including phenoxy) is 2. The maximum atomic E-state index is 5.16. The predicted molar refractivity (Wildman–Crippen MR) is 164 cm³/mol.